The Kier molecular flexibility index (Phi) is 15.0. The van der Waals surface area contributed by atoms with Crippen molar-refractivity contribution in [3.8, 4) is 0 Å². The van der Waals surface area contributed by atoms with Gasteiger partial charge in [0.15, 0.2) is 0 Å². The summed E-state index contributed by atoms with van der Waals surface area (Å²) >= 11 is 0. The van der Waals surface area contributed by atoms with Crippen LogP contribution in [0.5, 0.6) is 0 Å². The number of aliphatic imine (C=N–C) groups is 1. The van der Waals surface area contributed by atoms with Gasteiger partial charge in [0.25, 0.3) is 0 Å². The van der Waals surface area contributed by atoms with Gasteiger partial charge in [-0.2, -0.15) is 5.10 Å². The summed E-state index contributed by atoms with van der Waals surface area (Å²) < 4.78 is 0. The predicted octanol–water partition coefficient (Wildman–Crippen LogP) is 1.29. The Hall–Kier alpha value is -2.05. The average molecular weight is 569 g/mol. The second kappa shape index (κ2) is 15.9. The Bertz CT molecular complexity index is 896. The molecule has 3 atom stereocenters. The largest absolute Gasteiger partial charge is 0.480 e. The molecule has 2 heterocycles. The number of nitrogens with zero attached hydrogens (tertiary/aromatic N) is 4. The van der Waals surface area contributed by atoms with Crippen LogP contribution in [0.1, 0.15) is 56.8 Å². The summed E-state index contributed by atoms with van der Waals surface area (Å²) in [7, 11) is 0. The summed E-state index contributed by atoms with van der Waals surface area (Å²) in [5, 5.41) is 19.4. The summed E-state index contributed by atoms with van der Waals surface area (Å²) in [4.78, 5) is 41.4. The van der Waals surface area contributed by atoms with E-state index in [0.29, 0.717) is 36.2 Å². The number of carboxylic acid groups (broad SMARTS) is 1. The maximum Gasteiger partial charge on any atom is 0.325 e. The highest BCUT2D eigenvalue weighted by atomic mass is 35.5. The number of nitrogens with one attached hydrogen (secondary N) is 1. The molecule has 1 aliphatic carbocycles. The van der Waals surface area contributed by atoms with Crippen LogP contribution in [0.15, 0.2) is 17.1 Å². The number of carbonyl (C=O) groups excluding carboxylic acids is 2. The summed E-state index contributed by atoms with van der Waals surface area (Å²) in [5.41, 5.74) is 12.3. The fourth-order valence-electron chi connectivity index (χ4n) is 4.67. The quantitative estimate of drug-likeness (QED) is 0.266. The Morgan fingerprint density at radius 3 is 2.36 bits per heavy atom. The summed E-state index contributed by atoms with van der Waals surface area (Å²) in [5.74, 6) is -0.927. The summed E-state index contributed by atoms with van der Waals surface area (Å²) in [6, 6.07) is 2.17. The van der Waals surface area contributed by atoms with Gasteiger partial charge in [0, 0.05) is 13.1 Å². The van der Waals surface area contributed by atoms with Gasteiger partial charge in [0.05, 0.1) is 17.8 Å². The second-order valence-corrected chi connectivity index (χ2v) is 8.99. The third-order valence-electron chi connectivity index (χ3n) is 6.45. The smallest absolute Gasteiger partial charge is 0.325 e. The normalized spacial score (nSPS) is 21.3. The average Bonchev–Trinajstić information content (AvgIpc) is 3.22. The van der Waals surface area contributed by atoms with Crippen molar-refractivity contribution in [3.05, 3.63) is 23.5 Å². The Balaban J connectivity index is 0.00000408. The van der Waals surface area contributed by atoms with Crippen LogP contribution in [-0.2, 0) is 20.9 Å². The van der Waals surface area contributed by atoms with Crippen molar-refractivity contribution >= 4 is 60.8 Å². The molecule has 1 aromatic heterocycles. The van der Waals surface area contributed by atoms with Crippen molar-refractivity contribution in [1.82, 2.24) is 20.4 Å². The molecule has 1 saturated heterocycles. The number of aliphatic carboxylic acids is 1. The fraction of sp³-hybridized carbons (Fsp3) is 0.636. The van der Waals surface area contributed by atoms with Crippen LogP contribution >= 0.6 is 37.2 Å². The molecule has 11 nitrogen and oxygen atoms in total. The van der Waals surface area contributed by atoms with E-state index in [1.165, 1.54) is 32.1 Å². The Morgan fingerprint density at radius 2 is 1.81 bits per heavy atom. The molecule has 2 amide bonds. The minimum Gasteiger partial charge on any atom is -0.480 e. The number of hydrogen-bond acceptors (Lipinski definition) is 8. The van der Waals surface area contributed by atoms with E-state index in [2.05, 4.69) is 25.4 Å². The highest BCUT2D eigenvalue weighted by Crippen LogP contribution is 2.38. The predicted molar refractivity (Wildman–Crippen MR) is 143 cm³/mol. The number of rotatable bonds is 8. The zero-order chi connectivity index (χ0) is 24.0. The lowest BCUT2D eigenvalue weighted by Crippen LogP contribution is -2.49. The topological polar surface area (TPSA) is 177 Å². The Labute approximate surface area is 229 Å². The molecule has 1 aliphatic heterocycles. The van der Waals surface area contributed by atoms with Crippen LogP contribution in [0.25, 0.3) is 0 Å². The molecule has 0 radical (unpaired) electrons. The number of imide groups is 1. The molecule has 2 aliphatic rings. The van der Waals surface area contributed by atoms with E-state index in [0.717, 1.165) is 6.54 Å². The van der Waals surface area contributed by atoms with Crippen LogP contribution < -0.4 is 16.8 Å². The number of hydrogen-bond donors (Lipinski definition) is 4. The lowest BCUT2D eigenvalue weighted by Gasteiger charge is -2.27. The van der Waals surface area contributed by atoms with E-state index >= 15 is 0 Å². The van der Waals surface area contributed by atoms with Gasteiger partial charge in [-0.15, -0.1) is 42.3 Å². The molecule has 1 unspecified atom stereocenters. The number of carbonyl (C=O) groups is 3. The van der Waals surface area contributed by atoms with E-state index in [4.69, 9.17) is 16.6 Å². The van der Waals surface area contributed by atoms with Gasteiger partial charge < -0.3 is 16.6 Å². The van der Waals surface area contributed by atoms with Gasteiger partial charge in [0.2, 0.25) is 11.8 Å². The number of nitrogens with two attached hydrogens (primary N) is 2. The highest BCUT2D eigenvalue weighted by molar-refractivity contribution is 5.99. The fourth-order valence-corrected chi connectivity index (χ4v) is 4.67. The summed E-state index contributed by atoms with van der Waals surface area (Å²) in [6.07, 6.45) is 6.76. The SMILES string of the molecule is C[C@H](N)C(=O)NC(=O)[C@@H]1CC(C2CCCCC2)CN1Cc1ccc(C(N)=NCC(=O)O)nn1.Cl.Cl.Cl. The van der Waals surface area contributed by atoms with Crippen molar-refractivity contribution in [2.45, 2.75) is 64.1 Å². The molecule has 1 aromatic rings. The van der Waals surface area contributed by atoms with Gasteiger partial charge in [-0.3, -0.25) is 29.6 Å². The van der Waals surface area contributed by atoms with Crippen LogP contribution in [0, 0.1) is 11.8 Å². The number of likely N-dealkylation sites (tertiary alicyclic amines) is 1. The van der Waals surface area contributed by atoms with Crippen molar-refractivity contribution in [2.24, 2.45) is 28.3 Å². The van der Waals surface area contributed by atoms with Gasteiger partial charge >= 0.3 is 5.97 Å². The molecule has 1 saturated carbocycles. The second-order valence-electron chi connectivity index (χ2n) is 8.99. The summed E-state index contributed by atoms with van der Waals surface area (Å²) in [6.45, 7) is 2.25. The van der Waals surface area contributed by atoms with Gasteiger partial charge in [-0.05, 0) is 37.3 Å². The van der Waals surface area contributed by atoms with E-state index in [1.54, 1.807) is 19.1 Å². The number of amides is 2. The lowest BCUT2D eigenvalue weighted by atomic mass is 9.79. The maximum atomic E-state index is 12.9. The standard InChI is InChI=1S/C22H33N7O4.3ClH/c1-13(23)21(32)26-22(33)18-9-15(14-5-3-2-4-6-14)11-29(18)12-16-7-8-17(28-27-16)20(24)25-10-19(30)31;;;/h7-8,13-15,18H,2-6,9-12,23H2,1H3,(H2,24,25)(H,30,31)(H,26,32,33);3*1H/t13-,15?,18-;;;/m0.../s1. The number of halogens is 3. The highest BCUT2D eigenvalue weighted by Gasteiger charge is 2.40. The minimum absolute atomic E-state index is 0. The molecule has 36 heavy (non-hydrogen) atoms. The molecular formula is C22H36Cl3N7O4. The monoisotopic (exact) mass is 567 g/mol. The lowest BCUT2D eigenvalue weighted by molar-refractivity contribution is -0.136. The van der Waals surface area contributed by atoms with Crippen molar-refractivity contribution in [2.75, 3.05) is 13.1 Å². The number of amidine groups is 1. The molecule has 0 bridgehead atoms. The molecule has 0 spiro atoms. The first-order valence-corrected chi connectivity index (χ1v) is 11.4. The van der Waals surface area contributed by atoms with Gasteiger partial charge in [0.1, 0.15) is 18.1 Å². The zero-order valence-electron chi connectivity index (χ0n) is 20.2. The molecule has 14 heteroatoms. The van der Waals surface area contributed by atoms with E-state index < -0.39 is 30.5 Å². The van der Waals surface area contributed by atoms with Crippen molar-refractivity contribution in [1.29, 1.82) is 0 Å². The molecule has 6 N–H and O–H groups in total. The van der Waals surface area contributed by atoms with E-state index in [1.807, 2.05) is 0 Å². The zero-order valence-corrected chi connectivity index (χ0v) is 22.6. The van der Waals surface area contributed by atoms with Crippen LogP contribution in [0.4, 0.5) is 0 Å². The minimum atomic E-state index is -1.09. The number of carboxylic acids is 1. The van der Waals surface area contributed by atoms with Gasteiger partial charge in [-0.1, -0.05) is 32.1 Å². The van der Waals surface area contributed by atoms with Gasteiger partial charge in [-0.25, -0.2) is 0 Å². The van der Waals surface area contributed by atoms with Crippen molar-refractivity contribution in [3.63, 3.8) is 0 Å². The number of aromatic nitrogens is 2. The molecular weight excluding hydrogens is 533 g/mol. The maximum absolute atomic E-state index is 12.9. The van der Waals surface area contributed by atoms with Crippen LogP contribution in [0.2, 0.25) is 0 Å². The molecule has 2 fully saturated rings. The molecule has 0 aromatic carbocycles. The van der Waals surface area contributed by atoms with E-state index in [-0.39, 0.29) is 49.0 Å². The van der Waals surface area contributed by atoms with E-state index in [9.17, 15) is 14.4 Å². The third kappa shape index (κ3) is 9.44. The first-order chi connectivity index (χ1) is 15.7. The third-order valence-corrected chi connectivity index (χ3v) is 6.45. The van der Waals surface area contributed by atoms with Crippen LogP contribution in [0.3, 0.4) is 0 Å². The molecule has 204 valence electrons. The molecule has 3 rings (SSSR count). The van der Waals surface area contributed by atoms with Crippen LogP contribution in [-0.4, -0.2) is 69.0 Å². The first kappa shape index (κ1) is 34.0. The first-order valence-electron chi connectivity index (χ1n) is 11.4. The Morgan fingerprint density at radius 1 is 1.14 bits per heavy atom. The van der Waals surface area contributed by atoms with Crippen molar-refractivity contribution < 1.29 is 19.5 Å².